The number of hydrogen-bond acceptors (Lipinski definition) is 5. The number of carboxylic acid groups (broad SMARTS) is 1. The van der Waals surface area contributed by atoms with E-state index in [1.165, 1.54) is 0 Å². The second kappa shape index (κ2) is 9.72. The van der Waals surface area contributed by atoms with E-state index in [-0.39, 0.29) is 12.3 Å². The zero-order valence-corrected chi connectivity index (χ0v) is 15.0. The van der Waals surface area contributed by atoms with Crippen molar-refractivity contribution >= 4 is 29.2 Å². The molecule has 1 heterocycles. The Morgan fingerprint density at radius 2 is 2.08 bits per heavy atom. The molecular formula is C17H24ClN3O4. The molecule has 8 heteroatoms. The molecule has 0 unspecified atom stereocenters. The van der Waals surface area contributed by atoms with Crippen LogP contribution in [0.15, 0.2) is 18.2 Å². The van der Waals surface area contributed by atoms with E-state index in [4.69, 9.17) is 16.3 Å². The number of nitrogens with zero attached hydrogens (tertiary/aromatic N) is 1. The molecule has 1 aromatic rings. The lowest BCUT2D eigenvalue weighted by molar-refractivity contribution is -0.141. The lowest BCUT2D eigenvalue weighted by Crippen LogP contribution is -2.45. The van der Waals surface area contributed by atoms with Gasteiger partial charge in [0, 0.05) is 36.9 Å². The van der Waals surface area contributed by atoms with Crippen molar-refractivity contribution in [1.29, 1.82) is 0 Å². The number of hydrogen-bond donors (Lipinski definition) is 3. The average molecular weight is 370 g/mol. The van der Waals surface area contributed by atoms with Gasteiger partial charge in [-0.1, -0.05) is 17.7 Å². The normalized spacial score (nSPS) is 16.4. The molecular weight excluding hydrogens is 346 g/mol. The molecule has 1 amide bonds. The molecule has 0 radical (unpaired) electrons. The molecule has 25 heavy (non-hydrogen) atoms. The minimum atomic E-state index is -1.04. The Labute approximate surface area is 152 Å². The summed E-state index contributed by atoms with van der Waals surface area (Å²) in [5.41, 5.74) is 1.46. The molecule has 0 aromatic heterocycles. The predicted octanol–water partition coefficient (Wildman–Crippen LogP) is 1.35. The highest BCUT2D eigenvalue weighted by Crippen LogP contribution is 2.20. The van der Waals surface area contributed by atoms with Gasteiger partial charge in [0.25, 0.3) is 0 Å². The lowest BCUT2D eigenvalue weighted by atomic mass is 10.2. The minimum absolute atomic E-state index is 0.149. The van der Waals surface area contributed by atoms with Crippen LogP contribution in [0.25, 0.3) is 0 Å². The number of carboxylic acids is 1. The van der Waals surface area contributed by atoms with Crippen molar-refractivity contribution in [1.82, 2.24) is 10.2 Å². The Bertz CT molecular complexity index is 606. The smallest absolute Gasteiger partial charge is 0.321 e. The van der Waals surface area contributed by atoms with Crippen LogP contribution < -0.4 is 10.6 Å². The third-order valence-electron chi connectivity index (χ3n) is 4.07. The summed E-state index contributed by atoms with van der Waals surface area (Å²) < 4.78 is 5.27. The number of benzene rings is 1. The van der Waals surface area contributed by atoms with Gasteiger partial charge in [0.1, 0.15) is 6.04 Å². The van der Waals surface area contributed by atoms with E-state index in [0.717, 1.165) is 25.2 Å². The largest absolute Gasteiger partial charge is 0.480 e. The SMILES string of the molecule is Cc1ccc(NC(=O)C[C@H](NCCN2CCOCC2)C(=O)O)cc1Cl. The van der Waals surface area contributed by atoms with Gasteiger partial charge >= 0.3 is 5.97 Å². The van der Waals surface area contributed by atoms with E-state index in [1.54, 1.807) is 18.2 Å². The Morgan fingerprint density at radius 1 is 1.36 bits per heavy atom. The van der Waals surface area contributed by atoms with Crippen molar-refractivity contribution in [2.45, 2.75) is 19.4 Å². The number of carbonyl (C=O) groups is 2. The first-order chi connectivity index (χ1) is 12.0. The van der Waals surface area contributed by atoms with Gasteiger partial charge in [0.15, 0.2) is 0 Å². The van der Waals surface area contributed by atoms with Crippen LogP contribution >= 0.6 is 11.6 Å². The molecule has 7 nitrogen and oxygen atoms in total. The van der Waals surface area contributed by atoms with Crippen molar-refractivity contribution in [2.24, 2.45) is 0 Å². The molecule has 2 rings (SSSR count). The van der Waals surface area contributed by atoms with Crippen LogP contribution in [-0.2, 0) is 14.3 Å². The fourth-order valence-corrected chi connectivity index (χ4v) is 2.72. The van der Waals surface area contributed by atoms with Crippen LogP contribution in [0.3, 0.4) is 0 Å². The summed E-state index contributed by atoms with van der Waals surface area (Å²) in [7, 11) is 0. The van der Waals surface area contributed by atoms with E-state index in [9.17, 15) is 14.7 Å². The number of ether oxygens (including phenoxy) is 1. The summed E-state index contributed by atoms with van der Waals surface area (Å²) in [4.78, 5) is 25.7. The van der Waals surface area contributed by atoms with Crippen molar-refractivity contribution in [3.63, 3.8) is 0 Å². The minimum Gasteiger partial charge on any atom is -0.480 e. The van der Waals surface area contributed by atoms with Gasteiger partial charge in [-0.15, -0.1) is 0 Å². The summed E-state index contributed by atoms with van der Waals surface area (Å²) in [5.74, 6) is -1.41. The van der Waals surface area contributed by atoms with Crippen molar-refractivity contribution < 1.29 is 19.4 Å². The number of amides is 1. The van der Waals surface area contributed by atoms with Crippen molar-refractivity contribution in [2.75, 3.05) is 44.7 Å². The van der Waals surface area contributed by atoms with E-state index >= 15 is 0 Å². The van der Waals surface area contributed by atoms with Crippen LogP contribution in [0.4, 0.5) is 5.69 Å². The van der Waals surface area contributed by atoms with Crippen LogP contribution in [0, 0.1) is 6.92 Å². The third kappa shape index (κ3) is 6.62. The van der Waals surface area contributed by atoms with Crippen LogP contribution in [0.1, 0.15) is 12.0 Å². The van der Waals surface area contributed by atoms with Gasteiger partial charge in [-0.25, -0.2) is 0 Å². The third-order valence-corrected chi connectivity index (χ3v) is 4.47. The first-order valence-corrected chi connectivity index (χ1v) is 8.66. The fourth-order valence-electron chi connectivity index (χ4n) is 2.54. The summed E-state index contributed by atoms with van der Waals surface area (Å²) in [6.07, 6.45) is -0.149. The molecule has 0 bridgehead atoms. The number of aryl methyl sites for hydroxylation is 1. The van der Waals surface area contributed by atoms with Gasteiger partial charge in [-0.2, -0.15) is 0 Å². The van der Waals surface area contributed by atoms with Crippen LogP contribution in [-0.4, -0.2) is 67.3 Å². The number of anilines is 1. The molecule has 1 aliphatic heterocycles. The molecule has 0 spiro atoms. The van der Waals surface area contributed by atoms with Crippen LogP contribution in [0.2, 0.25) is 5.02 Å². The van der Waals surface area contributed by atoms with Gasteiger partial charge in [-0.3, -0.25) is 14.5 Å². The first kappa shape index (κ1) is 19.7. The Hall–Kier alpha value is -1.67. The summed E-state index contributed by atoms with van der Waals surface area (Å²) in [6, 6.07) is 4.26. The summed E-state index contributed by atoms with van der Waals surface area (Å²) >= 11 is 6.02. The number of halogens is 1. The molecule has 1 aromatic carbocycles. The fraction of sp³-hybridized carbons (Fsp3) is 0.529. The zero-order chi connectivity index (χ0) is 18.2. The molecule has 1 saturated heterocycles. The molecule has 0 aliphatic carbocycles. The Kier molecular flexibility index (Phi) is 7.64. The van der Waals surface area contributed by atoms with E-state index in [1.807, 2.05) is 6.92 Å². The molecule has 1 atom stereocenters. The highest BCUT2D eigenvalue weighted by molar-refractivity contribution is 6.31. The highest BCUT2D eigenvalue weighted by Gasteiger charge is 2.21. The van der Waals surface area contributed by atoms with E-state index in [2.05, 4.69) is 15.5 Å². The maximum atomic E-state index is 12.1. The maximum absolute atomic E-state index is 12.1. The number of rotatable bonds is 8. The summed E-state index contributed by atoms with van der Waals surface area (Å²) in [5, 5.41) is 15.5. The second-order valence-electron chi connectivity index (χ2n) is 6.02. The zero-order valence-electron chi connectivity index (χ0n) is 14.3. The number of morpholine rings is 1. The predicted molar refractivity (Wildman–Crippen MR) is 96.1 cm³/mol. The monoisotopic (exact) mass is 369 g/mol. The molecule has 138 valence electrons. The van der Waals surface area contributed by atoms with E-state index < -0.39 is 12.0 Å². The average Bonchev–Trinajstić information content (AvgIpc) is 2.58. The Balaban J connectivity index is 1.79. The lowest BCUT2D eigenvalue weighted by Gasteiger charge is -2.27. The Morgan fingerprint density at radius 3 is 2.72 bits per heavy atom. The summed E-state index contributed by atoms with van der Waals surface area (Å²) in [6.45, 7) is 6.17. The standard InChI is InChI=1S/C17H24ClN3O4/c1-12-2-3-13(10-14(12)18)20-16(22)11-15(17(23)24)19-4-5-21-6-8-25-9-7-21/h2-3,10,15,19H,4-9,11H2,1H3,(H,20,22)(H,23,24)/t15-/m0/s1. The highest BCUT2D eigenvalue weighted by atomic mass is 35.5. The topological polar surface area (TPSA) is 90.9 Å². The quantitative estimate of drug-likeness (QED) is 0.641. The number of nitrogens with one attached hydrogen (secondary N) is 2. The van der Waals surface area contributed by atoms with E-state index in [0.29, 0.717) is 30.5 Å². The molecule has 1 fully saturated rings. The van der Waals surface area contributed by atoms with Gasteiger partial charge < -0.3 is 20.5 Å². The van der Waals surface area contributed by atoms with Gasteiger partial charge in [0.05, 0.1) is 19.6 Å². The first-order valence-electron chi connectivity index (χ1n) is 8.28. The van der Waals surface area contributed by atoms with Crippen molar-refractivity contribution in [3.8, 4) is 0 Å². The van der Waals surface area contributed by atoms with Gasteiger partial charge in [-0.05, 0) is 24.6 Å². The van der Waals surface area contributed by atoms with Crippen molar-refractivity contribution in [3.05, 3.63) is 28.8 Å². The number of aliphatic carboxylic acids is 1. The number of carbonyl (C=O) groups excluding carboxylic acids is 1. The molecule has 0 saturated carbocycles. The van der Waals surface area contributed by atoms with Gasteiger partial charge in [0.2, 0.25) is 5.91 Å². The molecule has 1 aliphatic rings. The second-order valence-corrected chi connectivity index (χ2v) is 6.42. The maximum Gasteiger partial charge on any atom is 0.321 e. The van der Waals surface area contributed by atoms with Crippen LogP contribution in [0.5, 0.6) is 0 Å². The molecule has 3 N–H and O–H groups in total.